The van der Waals surface area contributed by atoms with E-state index in [1.54, 1.807) is 37.4 Å². The molecule has 1 heterocycles. The van der Waals surface area contributed by atoms with Gasteiger partial charge < -0.3 is 5.73 Å². The van der Waals surface area contributed by atoms with Gasteiger partial charge in [-0.2, -0.15) is 13.5 Å². The zero-order valence-electron chi connectivity index (χ0n) is 14.1. The van der Waals surface area contributed by atoms with Crippen LogP contribution in [0.4, 0.5) is 5.69 Å². The average Bonchev–Trinajstić information content (AvgIpc) is 2.93. The molecule has 1 aromatic heterocycles. The maximum Gasteiger partial charge on any atom is 0.279 e. The van der Waals surface area contributed by atoms with Crippen LogP contribution in [0.15, 0.2) is 53.6 Å². The Balaban J connectivity index is 1.82. The molecular weight excluding hydrogens is 336 g/mol. The number of hydrogen-bond acceptors (Lipinski definition) is 4. The fourth-order valence-electron chi connectivity index (χ4n) is 2.86. The molecule has 0 unspecified atom stereocenters. The summed E-state index contributed by atoms with van der Waals surface area (Å²) >= 11 is 0. The molecular formula is C18H22N4O2S. The monoisotopic (exact) mass is 358 g/mol. The van der Waals surface area contributed by atoms with Gasteiger partial charge in [-0.05, 0) is 55.6 Å². The number of nitrogens with one attached hydrogen (secondary N) is 1. The van der Waals surface area contributed by atoms with Crippen molar-refractivity contribution in [3.63, 3.8) is 0 Å². The number of benzene rings is 2. The lowest BCUT2D eigenvalue weighted by molar-refractivity contribution is 0.584. The Morgan fingerprint density at radius 2 is 1.80 bits per heavy atom. The normalized spacial score (nSPS) is 11.8. The molecule has 0 aliphatic heterocycles. The van der Waals surface area contributed by atoms with Gasteiger partial charge in [0.05, 0.1) is 5.52 Å². The first-order valence-electron chi connectivity index (χ1n) is 8.25. The molecule has 3 rings (SSSR count). The van der Waals surface area contributed by atoms with Crippen LogP contribution in [-0.4, -0.2) is 24.7 Å². The zero-order chi connectivity index (χ0) is 17.9. The van der Waals surface area contributed by atoms with Crippen LogP contribution in [0.2, 0.25) is 0 Å². The number of aromatic nitrogens is 2. The van der Waals surface area contributed by atoms with Crippen LogP contribution in [0.25, 0.3) is 10.9 Å². The molecule has 0 aliphatic rings. The van der Waals surface area contributed by atoms with Crippen molar-refractivity contribution in [2.45, 2.75) is 24.3 Å². The zero-order valence-corrected chi connectivity index (χ0v) is 15.0. The first-order valence-corrected chi connectivity index (χ1v) is 9.73. The van der Waals surface area contributed by atoms with Gasteiger partial charge in [0.2, 0.25) is 0 Å². The van der Waals surface area contributed by atoms with Crippen molar-refractivity contribution in [3.8, 4) is 0 Å². The Morgan fingerprint density at radius 3 is 2.52 bits per heavy atom. The molecule has 0 radical (unpaired) electrons. The summed E-state index contributed by atoms with van der Waals surface area (Å²) in [4.78, 5) is 0. The third-order valence-corrected chi connectivity index (χ3v) is 5.56. The molecule has 0 atom stereocenters. The Morgan fingerprint density at radius 1 is 1.08 bits per heavy atom. The highest BCUT2D eigenvalue weighted by Crippen LogP contribution is 2.24. The molecule has 0 saturated heterocycles. The van der Waals surface area contributed by atoms with Gasteiger partial charge in [0, 0.05) is 18.1 Å². The number of rotatable bonds is 7. The van der Waals surface area contributed by atoms with E-state index in [9.17, 15) is 8.42 Å². The van der Waals surface area contributed by atoms with Crippen LogP contribution in [-0.2, 0) is 23.5 Å². The van der Waals surface area contributed by atoms with Gasteiger partial charge in [0.1, 0.15) is 0 Å². The Labute approximate surface area is 147 Å². The van der Waals surface area contributed by atoms with Gasteiger partial charge in [0.15, 0.2) is 5.03 Å². The average molecular weight is 358 g/mol. The largest absolute Gasteiger partial charge is 0.330 e. The Hall–Kier alpha value is -2.38. The number of hydrogen-bond donors (Lipinski definition) is 2. The standard InChI is InChI=1S/C18H22N4O2S/c1-22-18(16-7-2-3-8-17(16)20-22)25(23,24)21-15-11-9-14(10-12-15)6-4-5-13-19/h2-3,7-12,21H,4-6,13,19H2,1H3. The van der Waals surface area contributed by atoms with E-state index in [-0.39, 0.29) is 5.03 Å². The molecule has 0 amide bonds. The maximum absolute atomic E-state index is 12.8. The van der Waals surface area contributed by atoms with E-state index < -0.39 is 10.0 Å². The number of fused-ring (bicyclic) bond motifs is 1. The quantitative estimate of drug-likeness (QED) is 0.635. The van der Waals surface area contributed by atoms with E-state index >= 15 is 0 Å². The highest BCUT2D eigenvalue weighted by molar-refractivity contribution is 7.92. The molecule has 0 saturated carbocycles. The van der Waals surface area contributed by atoms with Gasteiger partial charge in [-0.1, -0.05) is 24.3 Å². The first-order chi connectivity index (χ1) is 12.0. The molecule has 3 aromatic rings. The number of unbranched alkanes of at least 4 members (excludes halogenated alkanes) is 1. The summed E-state index contributed by atoms with van der Waals surface area (Å²) < 4.78 is 29.7. The molecule has 6 nitrogen and oxygen atoms in total. The van der Waals surface area contributed by atoms with Gasteiger partial charge in [-0.3, -0.25) is 9.40 Å². The highest BCUT2D eigenvalue weighted by Gasteiger charge is 2.22. The van der Waals surface area contributed by atoms with Crippen LogP contribution in [0.3, 0.4) is 0 Å². The fraction of sp³-hybridized carbons (Fsp3) is 0.278. The third kappa shape index (κ3) is 3.83. The van der Waals surface area contributed by atoms with Gasteiger partial charge >= 0.3 is 0 Å². The molecule has 0 fully saturated rings. The molecule has 25 heavy (non-hydrogen) atoms. The van der Waals surface area contributed by atoms with E-state index in [0.717, 1.165) is 19.3 Å². The summed E-state index contributed by atoms with van der Waals surface area (Å²) in [6, 6.07) is 14.6. The lowest BCUT2D eigenvalue weighted by Crippen LogP contribution is -2.17. The topological polar surface area (TPSA) is 90.0 Å². The Bertz CT molecular complexity index is 962. The smallest absolute Gasteiger partial charge is 0.279 e. The minimum Gasteiger partial charge on any atom is -0.330 e. The van der Waals surface area contributed by atoms with Gasteiger partial charge in [0.25, 0.3) is 10.0 Å². The van der Waals surface area contributed by atoms with Crippen molar-refractivity contribution in [3.05, 3.63) is 54.1 Å². The minimum absolute atomic E-state index is 0.162. The second kappa shape index (κ2) is 7.25. The van der Waals surface area contributed by atoms with Gasteiger partial charge in [-0.15, -0.1) is 0 Å². The lowest BCUT2D eigenvalue weighted by Gasteiger charge is -2.09. The summed E-state index contributed by atoms with van der Waals surface area (Å²) in [6.07, 6.45) is 2.96. The summed E-state index contributed by atoms with van der Waals surface area (Å²) in [5.74, 6) is 0. The van der Waals surface area contributed by atoms with Crippen molar-refractivity contribution < 1.29 is 8.42 Å². The summed E-state index contributed by atoms with van der Waals surface area (Å²) in [7, 11) is -2.09. The van der Waals surface area contributed by atoms with Crippen LogP contribution >= 0.6 is 0 Å². The van der Waals surface area contributed by atoms with Crippen LogP contribution in [0.5, 0.6) is 0 Å². The summed E-state index contributed by atoms with van der Waals surface area (Å²) in [6.45, 7) is 0.691. The van der Waals surface area contributed by atoms with E-state index in [4.69, 9.17) is 5.73 Å². The van der Waals surface area contributed by atoms with Crippen molar-refractivity contribution >= 4 is 26.6 Å². The number of anilines is 1. The van der Waals surface area contributed by atoms with Crippen molar-refractivity contribution in [2.75, 3.05) is 11.3 Å². The molecule has 132 valence electrons. The molecule has 0 aliphatic carbocycles. The van der Waals surface area contributed by atoms with Gasteiger partial charge in [-0.25, -0.2) is 0 Å². The number of nitrogens with zero attached hydrogens (tertiary/aromatic N) is 2. The number of aryl methyl sites for hydroxylation is 2. The van der Waals surface area contributed by atoms with Crippen molar-refractivity contribution in [1.82, 2.24) is 9.78 Å². The number of nitrogens with two attached hydrogens (primary N) is 1. The van der Waals surface area contributed by atoms with Crippen molar-refractivity contribution in [2.24, 2.45) is 12.8 Å². The van der Waals surface area contributed by atoms with Crippen LogP contribution < -0.4 is 10.5 Å². The highest BCUT2D eigenvalue weighted by atomic mass is 32.2. The van der Waals surface area contributed by atoms with Crippen LogP contribution in [0.1, 0.15) is 18.4 Å². The molecule has 0 spiro atoms. The summed E-state index contributed by atoms with van der Waals surface area (Å²) in [5, 5.41) is 5.03. The van der Waals surface area contributed by atoms with E-state index in [0.29, 0.717) is 23.1 Å². The second-order valence-electron chi connectivity index (χ2n) is 5.99. The van der Waals surface area contributed by atoms with Crippen molar-refractivity contribution in [1.29, 1.82) is 0 Å². The summed E-state index contributed by atoms with van der Waals surface area (Å²) in [5.41, 5.74) is 7.86. The lowest BCUT2D eigenvalue weighted by atomic mass is 10.1. The Kier molecular flexibility index (Phi) is 5.06. The fourth-order valence-corrected chi connectivity index (χ4v) is 4.25. The molecule has 7 heteroatoms. The van der Waals surface area contributed by atoms with Crippen LogP contribution in [0, 0.1) is 0 Å². The molecule has 0 bridgehead atoms. The second-order valence-corrected chi connectivity index (χ2v) is 7.59. The number of sulfonamides is 1. The molecule has 2 aromatic carbocycles. The van der Waals surface area contributed by atoms with E-state index in [1.165, 1.54) is 10.2 Å². The van der Waals surface area contributed by atoms with E-state index in [2.05, 4.69) is 9.82 Å². The minimum atomic E-state index is -3.73. The maximum atomic E-state index is 12.8. The predicted molar refractivity (Wildman–Crippen MR) is 100.0 cm³/mol. The molecule has 3 N–H and O–H groups in total. The first kappa shape index (κ1) is 17.4. The third-order valence-electron chi connectivity index (χ3n) is 4.07. The van der Waals surface area contributed by atoms with E-state index in [1.807, 2.05) is 18.2 Å². The predicted octanol–water partition coefficient (Wildman–Crippen LogP) is 2.66. The SMILES string of the molecule is Cn1nc2ccccc2c1S(=O)(=O)Nc1ccc(CCCCN)cc1.